The van der Waals surface area contributed by atoms with E-state index in [1.165, 1.54) is 12.1 Å². The molecule has 0 saturated carbocycles. The number of pyridine rings is 2. The van der Waals surface area contributed by atoms with Crippen LogP contribution in [0.1, 0.15) is 16.8 Å². The first-order valence-corrected chi connectivity index (χ1v) is 8.49. The third-order valence-corrected chi connectivity index (χ3v) is 4.69. The highest BCUT2D eigenvalue weighted by atomic mass is 19.1. The van der Waals surface area contributed by atoms with Crippen molar-refractivity contribution in [2.45, 2.75) is 12.6 Å². The standard InChI is InChI=1S/C19H14F3N3O3/c20-10-1-3-15(14(22)7-10)25-9-13(19(27)28)17(26)12-2-4-16(23-18(12)25)24-6-5-11(21)8-24/h1-4,7,9,11H,5-6,8H2,(H,27,28)/t11-/m1/s1. The van der Waals surface area contributed by atoms with Gasteiger partial charge in [0.1, 0.15) is 29.2 Å². The summed E-state index contributed by atoms with van der Waals surface area (Å²) in [5.41, 5.74) is -1.51. The highest BCUT2D eigenvalue weighted by Gasteiger charge is 2.24. The summed E-state index contributed by atoms with van der Waals surface area (Å²) in [6, 6.07) is 5.68. The number of carboxylic acid groups (broad SMARTS) is 1. The van der Waals surface area contributed by atoms with Crippen LogP contribution in [0.15, 0.2) is 41.3 Å². The minimum absolute atomic E-state index is 0.000293. The van der Waals surface area contributed by atoms with Gasteiger partial charge in [0.25, 0.3) is 0 Å². The molecule has 28 heavy (non-hydrogen) atoms. The molecule has 3 heterocycles. The Labute approximate surface area is 156 Å². The molecule has 0 aliphatic carbocycles. The number of alkyl halides is 1. The summed E-state index contributed by atoms with van der Waals surface area (Å²) in [6.45, 7) is 0.572. The third kappa shape index (κ3) is 2.98. The summed E-state index contributed by atoms with van der Waals surface area (Å²) in [5.74, 6) is -2.85. The van der Waals surface area contributed by atoms with Gasteiger partial charge in [0.15, 0.2) is 5.65 Å². The number of carbonyl (C=O) groups is 1. The van der Waals surface area contributed by atoms with Gasteiger partial charge in [-0.05, 0) is 30.7 Å². The minimum atomic E-state index is -1.48. The maximum atomic E-state index is 14.4. The second-order valence-electron chi connectivity index (χ2n) is 6.52. The van der Waals surface area contributed by atoms with Crippen LogP contribution >= 0.6 is 0 Å². The number of anilines is 1. The van der Waals surface area contributed by atoms with Gasteiger partial charge in [-0.3, -0.25) is 9.36 Å². The Bertz CT molecular complexity index is 1160. The summed E-state index contributed by atoms with van der Waals surface area (Å²) >= 11 is 0. The number of benzene rings is 1. The van der Waals surface area contributed by atoms with Crippen molar-refractivity contribution >= 4 is 22.8 Å². The normalized spacial score (nSPS) is 16.7. The van der Waals surface area contributed by atoms with Gasteiger partial charge in [-0.25, -0.2) is 22.9 Å². The van der Waals surface area contributed by atoms with Crippen LogP contribution in [0.4, 0.5) is 19.0 Å². The predicted molar refractivity (Wildman–Crippen MR) is 95.9 cm³/mol. The van der Waals surface area contributed by atoms with E-state index in [-0.39, 0.29) is 23.3 Å². The zero-order valence-corrected chi connectivity index (χ0v) is 14.4. The number of nitrogens with zero attached hydrogens (tertiary/aromatic N) is 3. The molecule has 3 aromatic rings. The second kappa shape index (κ2) is 6.66. The molecule has 0 spiro atoms. The van der Waals surface area contributed by atoms with Crippen LogP contribution in [0, 0.1) is 11.6 Å². The number of rotatable bonds is 3. The van der Waals surface area contributed by atoms with Gasteiger partial charge in [0.05, 0.1) is 17.6 Å². The Hall–Kier alpha value is -3.36. The lowest BCUT2D eigenvalue weighted by Crippen LogP contribution is -2.23. The molecule has 6 nitrogen and oxygen atoms in total. The average molecular weight is 389 g/mol. The molecule has 1 saturated heterocycles. The molecule has 4 rings (SSSR count). The monoisotopic (exact) mass is 389 g/mol. The van der Waals surface area contributed by atoms with Gasteiger partial charge < -0.3 is 10.0 Å². The molecular weight excluding hydrogens is 375 g/mol. The first kappa shape index (κ1) is 18.0. The van der Waals surface area contributed by atoms with Crippen molar-refractivity contribution in [3.63, 3.8) is 0 Å². The van der Waals surface area contributed by atoms with Crippen molar-refractivity contribution in [2.75, 3.05) is 18.0 Å². The molecule has 1 aliphatic heterocycles. The summed E-state index contributed by atoms with van der Waals surface area (Å²) in [6.07, 6.45) is 0.308. The fourth-order valence-corrected chi connectivity index (χ4v) is 3.31. The third-order valence-electron chi connectivity index (χ3n) is 4.69. The molecule has 1 aromatic carbocycles. The zero-order chi connectivity index (χ0) is 20.0. The molecule has 1 aliphatic rings. The number of aromatic nitrogens is 2. The maximum Gasteiger partial charge on any atom is 0.341 e. The molecule has 0 unspecified atom stereocenters. The molecule has 144 valence electrons. The molecule has 1 atom stereocenters. The van der Waals surface area contributed by atoms with E-state index in [0.717, 1.165) is 22.9 Å². The van der Waals surface area contributed by atoms with Gasteiger partial charge in [-0.15, -0.1) is 0 Å². The molecule has 9 heteroatoms. The van der Waals surface area contributed by atoms with Crippen LogP contribution in [0.2, 0.25) is 0 Å². The van der Waals surface area contributed by atoms with Crippen LogP contribution in [0.3, 0.4) is 0 Å². The fourth-order valence-electron chi connectivity index (χ4n) is 3.31. The number of fused-ring (bicyclic) bond motifs is 1. The first-order valence-electron chi connectivity index (χ1n) is 8.49. The van der Waals surface area contributed by atoms with E-state index in [1.807, 2.05) is 0 Å². The van der Waals surface area contributed by atoms with Crippen molar-refractivity contribution in [1.29, 1.82) is 0 Å². The minimum Gasteiger partial charge on any atom is -0.477 e. The summed E-state index contributed by atoms with van der Waals surface area (Å²) in [5, 5.41) is 9.29. The van der Waals surface area contributed by atoms with Crippen molar-refractivity contribution < 1.29 is 23.1 Å². The Morgan fingerprint density at radius 1 is 1.21 bits per heavy atom. The van der Waals surface area contributed by atoms with E-state index in [0.29, 0.717) is 24.8 Å². The predicted octanol–water partition coefficient (Wildman–Crippen LogP) is 2.91. The van der Waals surface area contributed by atoms with E-state index >= 15 is 0 Å². The van der Waals surface area contributed by atoms with Crippen molar-refractivity contribution in [3.05, 3.63) is 63.9 Å². The lowest BCUT2D eigenvalue weighted by Gasteiger charge is -2.18. The van der Waals surface area contributed by atoms with Crippen LogP contribution in [-0.4, -0.2) is 39.9 Å². The molecule has 1 fully saturated rings. The molecule has 0 amide bonds. The first-order chi connectivity index (χ1) is 13.3. The van der Waals surface area contributed by atoms with Gasteiger partial charge in [-0.1, -0.05) is 0 Å². The molecule has 2 aromatic heterocycles. The smallest absolute Gasteiger partial charge is 0.341 e. The van der Waals surface area contributed by atoms with E-state index in [2.05, 4.69) is 4.98 Å². The lowest BCUT2D eigenvalue weighted by molar-refractivity contribution is 0.0695. The lowest BCUT2D eigenvalue weighted by atomic mass is 10.1. The highest BCUT2D eigenvalue weighted by Crippen LogP contribution is 2.25. The molecule has 1 N–H and O–H groups in total. The van der Waals surface area contributed by atoms with Gasteiger partial charge >= 0.3 is 5.97 Å². The van der Waals surface area contributed by atoms with Crippen LogP contribution < -0.4 is 10.3 Å². The fraction of sp³-hybridized carbons (Fsp3) is 0.211. The largest absolute Gasteiger partial charge is 0.477 e. The molecular formula is C19H14F3N3O3. The summed E-state index contributed by atoms with van der Waals surface area (Å²) < 4.78 is 42.3. The van der Waals surface area contributed by atoms with Gasteiger partial charge in [0.2, 0.25) is 5.43 Å². The molecule has 0 radical (unpaired) electrons. The second-order valence-corrected chi connectivity index (χ2v) is 6.52. The van der Waals surface area contributed by atoms with Crippen molar-refractivity contribution in [3.8, 4) is 5.69 Å². The number of carboxylic acids is 1. The van der Waals surface area contributed by atoms with Crippen molar-refractivity contribution in [2.24, 2.45) is 0 Å². The van der Waals surface area contributed by atoms with Crippen LogP contribution in [0.25, 0.3) is 16.7 Å². The Kier molecular flexibility index (Phi) is 4.29. The van der Waals surface area contributed by atoms with Crippen LogP contribution in [0.5, 0.6) is 0 Å². The topological polar surface area (TPSA) is 75.4 Å². The van der Waals surface area contributed by atoms with Gasteiger partial charge in [-0.2, -0.15) is 0 Å². The zero-order valence-electron chi connectivity index (χ0n) is 14.4. The van der Waals surface area contributed by atoms with Crippen molar-refractivity contribution in [1.82, 2.24) is 9.55 Å². The van der Waals surface area contributed by atoms with E-state index in [9.17, 15) is 27.9 Å². The Balaban J connectivity index is 2.00. The molecule has 0 bridgehead atoms. The quantitative estimate of drug-likeness (QED) is 0.746. The number of hydrogen-bond acceptors (Lipinski definition) is 4. The van der Waals surface area contributed by atoms with Crippen LogP contribution in [-0.2, 0) is 0 Å². The Morgan fingerprint density at radius 3 is 2.64 bits per heavy atom. The van der Waals surface area contributed by atoms with E-state index < -0.39 is 34.8 Å². The van der Waals surface area contributed by atoms with E-state index in [1.54, 1.807) is 4.90 Å². The SMILES string of the molecule is O=C(O)c1cn(-c2ccc(F)cc2F)c2nc(N3CC[C@@H](F)C3)ccc2c1=O. The highest BCUT2D eigenvalue weighted by molar-refractivity contribution is 5.92. The summed E-state index contributed by atoms with van der Waals surface area (Å²) in [4.78, 5) is 30.0. The van der Waals surface area contributed by atoms with Gasteiger partial charge in [0, 0.05) is 18.8 Å². The number of aromatic carboxylic acids is 1. The summed E-state index contributed by atoms with van der Waals surface area (Å²) in [7, 11) is 0. The average Bonchev–Trinajstić information content (AvgIpc) is 3.08. The Morgan fingerprint density at radius 2 is 2.00 bits per heavy atom. The maximum absolute atomic E-state index is 14.4. The number of halogens is 3. The van der Waals surface area contributed by atoms with E-state index in [4.69, 9.17) is 0 Å². The number of hydrogen-bond donors (Lipinski definition) is 1.